The summed E-state index contributed by atoms with van der Waals surface area (Å²) in [5, 5.41) is 8.94. The monoisotopic (exact) mass is 345 g/mol. The number of carboxylic acid groups (broad SMARTS) is 1. The van der Waals surface area contributed by atoms with Crippen molar-refractivity contribution in [2.45, 2.75) is 31.5 Å². The van der Waals surface area contributed by atoms with Gasteiger partial charge in [-0.05, 0) is 17.5 Å². The largest absolute Gasteiger partial charge is 0.479 e. The van der Waals surface area contributed by atoms with Crippen molar-refractivity contribution in [1.82, 2.24) is 4.90 Å². The Morgan fingerprint density at radius 2 is 2.04 bits per heavy atom. The molecule has 0 aromatic heterocycles. The number of hydrogen-bond acceptors (Lipinski definition) is 3. The topological polar surface area (TPSA) is 66.8 Å². The summed E-state index contributed by atoms with van der Waals surface area (Å²) in [6.07, 6.45) is -5.71. The van der Waals surface area contributed by atoms with E-state index in [0.717, 1.165) is 6.07 Å². The van der Waals surface area contributed by atoms with Crippen LogP contribution in [0.1, 0.15) is 30.4 Å². The molecular formula is C16H18F3NO4. The van der Waals surface area contributed by atoms with Gasteiger partial charge < -0.3 is 14.7 Å². The predicted octanol–water partition coefficient (Wildman–Crippen LogP) is 2.51. The van der Waals surface area contributed by atoms with Crippen LogP contribution >= 0.6 is 0 Å². The molecule has 0 radical (unpaired) electrons. The fraction of sp³-hybridized carbons (Fsp3) is 0.500. The van der Waals surface area contributed by atoms with Gasteiger partial charge in [0.2, 0.25) is 5.91 Å². The number of carbonyl (C=O) groups is 2. The summed E-state index contributed by atoms with van der Waals surface area (Å²) in [5.74, 6) is -2.18. The fourth-order valence-electron chi connectivity index (χ4n) is 2.71. The minimum atomic E-state index is -4.48. The lowest BCUT2D eigenvalue weighted by Gasteiger charge is -2.31. The summed E-state index contributed by atoms with van der Waals surface area (Å²) < 4.78 is 44.2. The highest BCUT2D eigenvalue weighted by Crippen LogP contribution is 2.36. The number of morpholine rings is 1. The predicted molar refractivity (Wildman–Crippen MR) is 78.4 cm³/mol. The number of hydrogen-bond donors (Lipinski definition) is 1. The van der Waals surface area contributed by atoms with Gasteiger partial charge in [0.15, 0.2) is 6.10 Å². The van der Waals surface area contributed by atoms with Gasteiger partial charge in [-0.15, -0.1) is 0 Å². The first kappa shape index (κ1) is 18.3. The first-order chi connectivity index (χ1) is 11.2. The van der Waals surface area contributed by atoms with E-state index in [0.29, 0.717) is 0 Å². The summed E-state index contributed by atoms with van der Waals surface area (Å²) >= 11 is 0. The van der Waals surface area contributed by atoms with Crippen LogP contribution in [-0.2, 0) is 20.5 Å². The molecule has 1 amide bonds. The first-order valence-electron chi connectivity index (χ1n) is 7.48. The third-order valence-electron chi connectivity index (χ3n) is 3.97. The average molecular weight is 345 g/mol. The van der Waals surface area contributed by atoms with E-state index in [-0.39, 0.29) is 37.6 Å². The third-order valence-corrected chi connectivity index (χ3v) is 3.97. The van der Waals surface area contributed by atoms with E-state index < -0.39 is 29.7 Å². The van der Waals surface area contributed by atoms with E-state index in [2.05, 4.69) is 0 Å². The Balaban J connectivity index is 2.08. The maximum atomic E-state index is 13.1. The van der Waals surface area contributed by atoms with Crippen LogP contribution in [0, 0.1) is 0 Å². The number of carboxylic acids is 1. The molecule has 1 aliphatic rings. The van der Waals surface area contributed by atoms with E-state index in [9.17, 15) is 22.8 Å². The quantitative estimate of drug-likeness (QED) is 0.911. The normalized spacial score (nSPS) is 19.8. The SMILES string of the molecule is CC(CC(=O)N1CCOC(C(=O)O)C1)c1ccccc1C(F)(F)F. The number of alkyl halides is 3. The summed E-state index contributed by atoms with van der Waals surface area (Å²) in [6.45, 7) is 1.78. The van der Waals surface area contributed by atoms with Crippen LogP contribution in [0.25, 0.3) is 0 Å². The van der Waals surface area contributed by atoms with Crippen LogP contribution in [0.5, 0.6) is 0 Å². The molecule has 0 spiro atoms. The highest BCUT2D eigenvalue weighted by Gasteiger charge is 2.35. The van der Waals surface area contributed by atoms with Crippen molar-refractivity contribution in [3.05, 3.63) is 35.4 Å². The van der Waals surface area contributed by atoms with Gasteiger partial charge in [0.1, 0.15) is 0 Å². The molecule has 1 saturated heterocycles. The molecule has 0 aliphatic carbocycles. The van der Waals surface area contributed by atoms with Crippen LogP contribution in [0.4, 0.5) is 13.2 Å². The molecule has 24 heavy (non-hydrogen) atoms. The zero-order chi connectivity index (χ0) is 17.9. The minimum Gasteiger partial charge on any atom is -0.479 e. The van der Waals surface area contributed by atoms with E-state index in [4.69, 9.17) is 9.84 Å². The molecule has 8 heteroatoms. The van der Waals surface area contributed by atoms with Gasteiger partial charge in [-0.25, -0.2) is 4.79 Å². The molecule has 0 saturated carbocycles. The lowest BCUT2D eigenvalue weighted by atomic mass is 9.92. The number of benzene rings is 1. The molecule has 2 unspecified atom stereocenters. The molecule has 2 atom stereocenters. The number of amides is 1. The van der Waals surface area contributed by atoms with Gasteiger partial charge in [-0.1, -0.05) is 25.1 Å². The molecule has 1 fully saturated rings. The molecule has 2 rings (SSSR count). The molecule has 1 heterocycles. The molecule has 1 aromatic carbocycles. The standard InChI is InChI=1S/C16H18F3NO4/c1-10(11-4-2-3-5-12(11)16(17,18)19)8-14(21)20-6-7-24-13(9-20)15(22)23/h2-5,10,13H,6-9H2,1H3,(H,22,23). The number of halogens is 3. The lowest BCUT2D eigenvalue weighted by molar-refractivity contribution is -0.159. The lowest BCUT2D eigenvalue weighted by Crippen LogP contribution is -2.48. The number of rotatable bonds is 4. The Morgan fingerprint density at radius 3 is 2.67 bits per heavy atom. The van der Waals surface area contributed by atoms with Crippen LogP contribution in [0.15, 0.2) is 24.3 Å². The second-order valence-corrected chi connectivity index (χ2v) is 5.73. The first-order valence-corrected chi connectivity index (χ1v) is 7.48. The van der Waals surface area contributed by atoms with Crippen LogP contribution in [0.2, 0.25) is 0 Å². The molecule has 5 nitrogen and oxygen atoms in total. The highest BCUT2D eigenvalue weighted by molar-refractivity contribution is 5.79. The second kappa shape index (κ2) is 7.21. The average Bonchev–Trinajstić information content (AvgIpc) is 2.54. The number of ether oxygens (including phenoxy) is 1. The second-order valence-electron chi connectivity index (χ2n) is 5.73. The summed E-state index contributed by atoms with van der Waals surface area (Å²) in [5.41, 5.74) is -0.697. The fourth-order valence-corrected chi connectivity index (χ4v) is 2.71. The van der Waals surface area contributed by atoms with Crippen LogP contribution < -0.4 is 0 Å². The van der Waals surface area contributed by atoms with Gasteiger partial charge in [0.25, 0.3) is 0 Å². The molecule has 1 aromatic rings. The van der Waals surface area contributed by atoms with Gasteiger partial charge in [0, 0.05) is 13.0 Å². The van der Waals surface area contributed by atoms with Crippen LogP contribution in [0.3, 0.4) is 0 Å². The van der Waals surface area contributed by atoms with E-state index in [1.165, 1.54) is 23.1 Å². The molecular weight excluding hydrogens is 327 g/mol. The zero-order valence-electron chi connectivity index (χ0n) is 13.0. The van der Waals surface area contributed by atoms with Crippen molar-refractivity contribution in [1.29, 1.82) is 0 Å². The van der Waals surface area contributed by atoms with Crippen molar-refractivity contribution in [3.8, 4) is 0 Å². The number of aliphatic carboxylic acids is 1. The summed E-state index contributed by atoms with van der Waals surface area (Å²) in [4.78, 5) is 24.6. The van der Waals surface area contributed by atoms with Gasteiger partial charge in [0.05, 0.1) is 18.7 Å². The van der Waals surface area contributed by atoms with E-state index in [1.54, 1.807) is 6.92 Å². The molecule has 132 valence electrons. The Kier molecular flexibility index (Phi) is 5.48. The zero-order valence-corrected chi connectivity index (χ0v) is 13.0. The van der Waals surface area contributed by atoms with Gasteiger partial charge in [-0.2, -0.15) is 13.2 Å². The molecule has 0 bridgehead atoms. The van der Waals surface area contributed by atoms with Crippen LogP contribution in [-0.4, -0.2) is 47.7 Å². The van der Waals surface area contributed by atoms with Crippen molar-refractivity contribution in [2.24, 2.45) is 0 Å². The Bertz CT molecular complexity index is 618. The Labute approximate surface area is 137 Å². The maximum absolute atomic E-state index is 13.1. The van der Waals surface area contributed by atoms with E-state index >= 15 is 0 Å². The minimum absolute atomic E-state index is 0.0568. The van der Waals surface area contributed by atoms with Gasteiger partial charge >= 0.3 is 12.1 Å². The van der Waals surface area contributed by atoms with Gasteiger partial charge in [-0.3, -0.25) is 4.79 Å². The summed E-state index contributed by atoms with van der Waals surface area (Å²) in [6, 6.07) is 5.16. The third kappa shape index (κ3) is 4.25. The Morgan fingerprint density at radius 1 is 1.38 bits per heavy atom. The summed E-state index contributed by atoms with van der Waals surface area (Å²) in [7, 11) is 0. The molecule has 1 aliphatic heterocycles. The molecule has 1 N–H and O–H groups in total. The maximum Gasteiger partial charge on any atom is 0.416 e. The number of nitrogens with zero attached hydrogens (tertiary/aromatic N) is 1. The van der Waals surface area contributed by atoms with Crippen molar-refractivity contribution in [2.75, 3.05) is 19.7 Å². The van der Waals surface area contributed by atoms with Crippen molar-refractivity contribution >= 4 is 11.9 Å². The van der Waals surface area contributed by atoms with E-state index in [1.807, 2.05) is 0 Å². The van der Waals surface area contributed by atoms with Crippen molar-refractivity contribution < 1.29 is 32.6 Å². The number of carbonyl (C=O) groups excluding carboxylic acids is 1. The highest BCUT2D eigenvalue weighted by atomic mass is 19.4. The smallest absolute Gasteiger partial charge is 0.416 e. The Hall–Kier alpha value is -2.09. The van der Waals surface area contributed by atoms with Crippen molar-refractivity contribution in [3.63, 3.8) is 0 Å².